The minimum atomic E-state index is -0.553. The van der Waals surface area contributed by atoms with Gasteiger partial charge in [-0.15, -0.1) is 0 Å². The van der Waals surface area contributed by atoms with E-state index in [1.807, 2.05) is 53.4 Å². The molecule has 4 rings (SSSR count). The number of hydrogen-bond acceptors (Lipinski definition) is 4. The first kappa shape index (κ1) is 25.9. The molecule has 4 amide bonds. The number of piperidine rings is 1. The fourth-order valence-electron chi connectivity index (χ4n) is 4.58. The van der Waals surface area contributed by atoms with Gasteiger partial charge in [-0.05, 0) is 54.7 Å². The van der Waals surface area contributed by atoms with Gasteiger partial charge in [0.25, 0.3) is 0 Å². The monoisotopic (exact) mass is 500 g/mol. The lowest BCUT2D eigenvalue weighted by atomic mass is 9.95. The van der Waals surface area contributed by atoms with Gasteiger partial charge in [-0.2, -0.15) is 0 Å². The zero-order valence-corrected chi connectivity index (χ0v) is 20.7. The Morgan fingerprint density at radius 1 is 0.919 bits per heavy atom. The summed E-state index contributed by atoms with van der Waals surface area (Å²) >= 11 is 0. The molecule has 1 aliphatic heterocycles. The number of likely N-dealkylation sites (tertiary alicyclic amines) is 1. The zero-order valence-electron chi connectivity index (χ0n) is 20.7. The van der Waals surface area contributed by atoms with E-state index in [0.29, 0.717) is 23.5 Å². The molecule has 1 atom stereocenters. The molecule has 0 bridgehead atoms. The smallest absolute Gasteiger partial charge is 0.319 e. The summed E-state index contributed by atoms with van der Waals surface area (Å²) in [6.45, 7) is 0.102. The van der Waals surface area contributed by atoms with E-state index < -0.39 is 11.9 Å². The number of benzene rings is 3. The minimum Gasteiger partial charge on any atom is -0.392 e. The van der Waals surface area contributed by atoms with Gasteiger partial charge in [0.2, 0.25) is 11.8 Å². The molecule has 3 N–H and O–H groups in total. The maximum atomic E-state index is 13.5. The van der Waals surface area contributed by atoms with E-state index >= 15 is 0 Å². The van der Waals surface area contributed by atoms with Gasteiger partial charge in [0.1, 0.15) is 6.54 Å². The van der Waals surface area contributed by atoms with Crippen LogP contribution < -0.4 is 15.5 Å². The lowest BCUT2D eigenvalue weighted by molar-refractivity contribution is -0.134. The van der Waals surface area contributed by atoms with Crippen molar-refractivity contribution in [2.45, 2.75) is 31.9 Å². The molecule has 1 fully saturated rings. The summed E-state index contributed by atoms with van der Waals surface area (Å²) in [6.07, 6.45) is 2.85. The molecule has 8 nitrogen and oxygen atoms in total. The number of nitrogens with one attached hydrogen (secondary N) is 2. The Morgan fingerprint density at radius 3 is 2.38 bits per heavy atom. The average Bonchev–Trinajstić information content (AvgIpc) is 2.95. The number of anilines is 2. The van der Waals surface area contributed by atoms with Gasteiger partial charge in [0, 0.05) is 17.9 Å². The van der Waals surface area contributed by atoms with Crippen LogP contribution in [0.2, 0.25) is 0 Å². The number of carbonyl (C=O) groups is 3. The van der Waals surface area contributed by atoms with Gasteiger partial charge >= 0.3 is 6.03 Å². The third-order valence-electron chi connectivity index (χ3n) is 6.44. The Hall–Kier alpha value is -4.17. The highest BCUT2D eigenvalue weighted by molar-refractivity contribution is 6.02. The third kappa shape index (κ3) is 6.95. The van der Waals surface area contributed by atoms with Crippen LogP contribution in [0.1, 0.15) is 36.4 Å². The molecule has 1 saturated heterocycles. The maximum Gasteiger partial charge on any atom is 0.319 e. The van der Waals surface area contributed by atoms with Crippen molar-refractivity contribution in [1.29, 1.82) is 0 Å². The number of aliphatic hydroxyl groups is 1. The van der Waals surface area contributed by atoms with Gasteiger partial charge in [-0.3, -0.25) is 9.59 Å². The second-order valence-electron chi connectivity index (χ2n) is 8.99. The highest BCUT2D eigenvalue weighted by Crippen LogP contribution is 2.31. The van der Waals surface area contributed by atoms with E-state index in [0.717, 1.165) is 24.8 Å². The minimum absolute atomic E-state index is 0.0197. The summed E-state index contributed by atoms with van der Waals surface area (Å²) < 4.78 is 0. The summed E-state index contributed by atoms with van der Waals surface area (Å²) in [5, 5.41) is 14.5. The first-order chi connectivity index (χ1) is 18.0. The fourth-order valence-corrected chi connectivity index (χ4v) is 4.58. The number of nitrogens with zero attached hydrogens (tertiary/aromatic N) is 2. The van der Waals surface area contributed by atoms with Crippen LogP contribution in [0.25, 0.3) is 0 Å². The number of urea groups is 1. The lowest BCUT2D eigenvalue weighted by Crippen LogP contribution is -2.48. The van der Waals surface area contributed by atoms with E-state index in [1.54, 1.807) is 36.4 Å². The predicted molar refractivity (Wildman–Crippen MR) is 143 cm³/mol. The third-order valence-corrected chi connectivity index (χ3v) is 6.44. The van der Waals surface area contributed by atoms with Crippen molar-refractivity contribution in [3.8, 4) is 0 Å². The molecule has 1 heterocycles. The van der Waals surface area contributed by atoms with Crippen molar-refractivity contribution in [1.82, 2.24) is 10.2 Å². The standard InChI is InChI=1S/C29H32N4O4/c34-21-22-10-9-13-24(18-22)31-29(37)30-19-27(35)33(25-14-5-2-6-15-25)20-28(36)32-17-8-7-16-26(32)23-11-3-1-4-12-23/h1-6,9-15,18,26,34H,7-8,16-17,19-21H2,(H2,30,31,37). The number of rotatable bonds is 8. The van der Waals surface area contributed by atoms with Gasteiger partial charge < -0.3 is 25.5 Å². The molecule has 0 radical (unpaired) electrons. The summed E-state index contributed by atoms with van der Waals surface area (Å²) in [7, 11) is 0. The maximum absolute atomic E-state index is 13.5. The predicted octanol–water partition coefficient (Wildman–Crippen LogP) is 4.09. The Kier molecular flexibility index (Phi) is 8.89. The quantitative estimate of drug-likeness (QED) is 0.434. The summed E-state index contributed by atoms with van der Waals surface area (Å²) in [4.78, 5) is 42.5. The van der Waals surface area contributed by atoms with Crippen LogP contribution in [0, 0.1) is 0 Å². The number of para-hydroxylation sites is 1. The number of carbonyl (C=O) groups excluding carboxylic acids is 3. The molecular formula is C29H32N4O4. The zero-order chi connectivity index (χ0) is 26.0. The van der Waals surface area contributed by atoms with Gasteiger partial charge in [-0.1, -0.05) is 60.7 Å². The molecule has 3 aromatic carbocycles. The largest absolute Gasteiger partial charge is 0.392 e. The van der Waals surface area contributed by atoms with E-state index in [9.17, 15) is 19.5 Å². The SMILES string of the molecule is O=C(NCC(=O)N(CC(=O)N1CCCCC1c1ccccc1)c1ccccc1)Nc1cccc(CO)c1. The number of amides is 4. The molecule has 0 spiro atoms. The van der Waals surface area contributed by atoms with Gasteiger partial charge in [-0.25, -0.2) is 4.79 Å². The molecular weight excluding hydrogens is 468 g/mol. The van der Waals surface area contributed by atoms with Crippen LogP contribution in [0.5, 0.6) is 0 Å². The first-order valence-electron chi connectivity index (χ1n) is 12.5. The molecule has 1 unspecified atom stereocenters. The van der Waals surface area contributed by atoms with Crippen LogP contribution in [-0.2, 0) is 16.2 Å². The van der Waals surface area contributed by atoms with Crippen LogP contribution in [0.15, 0.2) is 84.9 Å². The summed E-state index contributed by atoms with van der Waals surface area (Å²) in [5.41, 5.74) is 2.85. The highest BCUT2D eigenvalue weighted by atomic mass is 16.3. The fraction of sp³-hybridized carbons (Fsp3) is 0.276. The Labute approximate surface area is 216 Å². The molecule has 1 aliphatic rings. The summed E-state index contributed by atoms with van der Waals surface area (Å²) in [5.74, 6) is -0.525. The van der Waals surface area contributed by atoms with Gasteiger partial charge in [0.05, 0.1) is 19.2 Å². The lowest BCUT2D eigenvalue weighted by Gasteiger charge is -2.37. The van der Waals surface area contributed by atoms with Crippen LogP contribution >= 0.6 is 0 Å². The second kappa shape index (κ2) is 12.7. The van der Waals surface area contributed by atoms with E-state index in [2.05, 4.69) is 10.6 Å². The molecule has 0 aromatic heterocycles. The van der Waals surface area contributed by atoms with Crippen molar-refractivity contribution < 1.29 is 19.5 Å². The van der Waals surface area contributed by atoms with Crippen molar-refractivity contribution in [2.75, 3.05) is 29.9 Å². The molecule has 8 heteroatoms. The van der Waals surface area contributed by atoms with E-state index in [-0.39, 0.29) is 31.6 Å². The van der Waals surface area contributed by atoms with Gasteiger partial charge in [0.15, 0.2) is 0 Å². The van der Waals surface area contributed by atoms with E-state index in [4.69, 9.17) is 0 Å². The number of hydrogen-bond donors (Lipinski definition) is 3. The van der Waals surface area contributed by atoms with Crippen molar-refractivity contribution in [3.63, 3.8) is 0 Å². The van der Waals surface area contributed by atoms with E-state index in [1.165, 1.54) is 4.90 Å². The average molecular weight is 501 g/mol. The molecule has 0 aliphatic carbocycles. The van der Waals surface area contributed by atoms with Crippen molar-refractivity contribution in [3.05, 3.63) is 96.1 Å². The van der Waals surface area contributed by atoms with Crippen LogP contribution in [0.3, 0.4) is 0 Å². The van der Waals surface area contributed by atoms with Crippen LogP contribution in [-0.4, -0.2) is 47.5 Å². The van der Waals surface area contributed by atoms with Crippen LogP contribution in [0.4, 0.5) is 16.2 Å². The highest BCUT2D eigenvalue weighted by Gasteiger charge is 2.30. The Balaban J connectivity index is 1.44. The molecule has 0 saturated carbocycles. The topological polar surface area (TPSA) is 102 Å². The second-order valence-corrected chi connectivity index (χ2v) is 8.99. The molecule has 3 aromatic rings. The Morgan fingerprint density at radius 2 is 1.65 bits per heavy atom. The van der Waals surface area contributed by atoms with Crippen molar-refractivity contribution in [2.24, 2.45) is 0 Å². The molecule has 37 heavy (non-hydrogen) atoms. The Bertz CT molecular complexity index is 1200. The van der Waals surface area contributed by atoms with Crippen molar-refractivity contribution >= 4 is 29.2 Å². The normalized spacial score (nSPS) is 15.1. The molecule has 192 valence electrons. The summed E-state index contributed by atoms with van der Waals surface area (Å²) in [6, 6.07) is 25.2. The number of aliphatic hydroxyl groups excluding tert-OH is 1. The first-order valence-corrected chi connectivity index (χ1v) is 12.5.